The van der Waals surface area contributed by atoms with E-state index in [2.05, 4.69) is 15.4 Å². The molecule has 0 atom stereocenters. The Balaban J connectivity index is 2.24. The second-order valence-corrected chi connectivity index (χ2v) is 3.80. The molecule has 0 aliphatic heterocycles. The van der Waals surface area contributed by atoms with E-state index in [4.69, 9.17) is 5.73 Å². The number of hydrogen-bond donors (Lipinski definition) is 2. The van der Waals surface area contributed by atoms with Crippen LogP contribution in [-0.2, 0) is 7.05 Å². The van der Waals surface area contributed by atoms with Crippen molar-refractivity contribution in [3.63, 3.8) is 0 Å². The van der Waals surface area contributed by atoms with Gasteiger partial charge in [0.2, 0.25) is 5.95 Å². The first kappa shape index (κ1) is 12.0. The van der Waals surface area contributed by atoms with Crippen molar-refractivity contribution < 1.29 is 9.18 Å². The molecule has 0 saturated carbocycles. The van der Waals surface area contributed by atoms with Gasteiger partial charge in [-0.25, -0.2) is 4.98 Å². The van der Waals surface area contributed by atoms with E-state index in [1.807, 2.05) is 0 Å². The molecule has 18 heavy (non-hydrogen) atoms. The normalized spacial score (nSPS) is 10.4. The number of nitrogens with zero attached hydrogens (tertiary/aromatic N) is 3. The summed E-state index contributed by atoms with van der Waals surface area (Å²) in [6.07, 6.45) is 1.23. The van der Waals surface area contributed by atoms with Crippen LogP contribution in [-0.4, -0.2) is 20.7 Å². The summed E-state index contributed by atoms with van der Waals surface area (Å²) in [5, 5.41) is 6.61. The zero-order chi connectivity index (χ0) is 13.3. The molecule has 0 bridgehead atoms. The van der Waals surface area contributed by atoms with Crippen molar-refractivity contribution in [1.82, 2.24) is 14.8 Å². The van der Waals surface area contributed by atoms with E-state index >= 15 is 0 Å². The number of carbonyl (C=O) groups excluding carboxylic acids is 1. The molecule has 0 unspecified atom stereocenters. The van der Waals surface area contributed by atoms with Crippen molar-refractivity contribution in [3.05, 3.63) is 35.7 Å². The monoisotopic (exact) mass is 249 g/mol. The zero-order valence-corrected chi connectivity index (χ0v) is 9.94. The van der Waals surface area contributed by atoms with Crippen molar-refractivity contribution in [2.24, 2.45) is 7.05 Å². The van der Waals surface area contributed by atoms with Gasteiger partial charge in [0.1, 0.15) is 5.69 Å². The third kappa shape index (κ3) is 2.15. The van der Waals surface area contributed by atoms with Crippen molar-refractivity contribution in [2.45, 2.75) is 6.92 Å². The quantitative estimate of drug-likeness (QED) is 0.780. The van der Waals surface area contributed by atoms with Crippen LogP contribution in [0.3, 0.4) is 0 Å². The van der Waals surface area contributed by atoms with Crippen LogP contribution in [0.4, 0.5) is 15.8 Å². The Morgan fingerprint density at radius 2 is 2.22 bits per heavy atom. The second kappa shape index (κ2) is 4.44. The molecular weight excluding hydrogens is 237 g/mol. The fraction of sp³-hybridized carbons (Fsp3) is 0.182. The van der Waals surface area contributed by atoms with E-state index < -0.39 is 11.9 Å². The number of nitrogen functional groups attached to an aromatic ring is 1. The maximum absolute atomic E-state index is 12.6. The van der Waals surface area contributed by atoms with Gasteiger partial charge in [-0.2, -0.15) is 9.49 Å². The fourth-order valence-corrected chi connectivity index (χ4v) is 1.58. The molecule has 0 radical (unpaired) electrons. The molecule has 2 rings (SSSR count). The summed E-state index contributed by atoms with van der Waals surface area (Å²) in [4.78, 5) is 15.4. The van der Waals surface area contributed by atoms with Crippen LogP contribution in [0.15, 0.2) is 18.3 Å². The van der Waals surface area contributed by atoms with E-state index in [-0.39, 0.29) is 5.69 Å². The van der Waals surface area contributed by atoms with Crippen molar-refractivity contribution in [3.8, 4) is 0 Å². The smallest absolute Gasteiger partial charge is 0.276 e. The first-order valence-electron chi connectivity index (χ1n) is 5.21. The maximum Gasteiger partial charge on any atom is 0.276 e. The molecular formula is C11H12FN5O. The van der Waals surface area contributed by atoms with Crippen molar-refractivity contribution >= 4 is 17.3 Å². The molecule has 2 aromatic heterocycles. The van der Waals surface area contributed by atoms with E-state index in [1.54, 1.807) is 14.0 Å². The average Bonchev–Trinajstić information content (AvgIpc) is 2.56. The molecule has 0 aliphatic rings. The fourth-order valence-electron chi connectivity index (χ4n) is 1.58. The standard InChI is InChI=1S/C11H12FN5O/c1-6-9(13)10(17(2)16-6)11(18)15-7-3-4-8(12)14-5-7/h3-5H,13H2,1-2H3,(H,15,18). The van der Waals surface area contributed by atoms with Gasteiger partial charge in [0.15, 0.2) is 0 Å². The first-order chi connectivity index (χ1) is 8.49. The molecule has 94 valence electrons. The molecule has 3 N–H and O–H groups in total. The Bertz CT molecular complexity index is 590. The number of aryl methyl sites for hydroxylation is 2. The molecule has 0 aliphatic carbocycles. The lowest BCUT2D eigenvalue weighted by atomic mass is 10.3. The molecule has 0 saturated heterocycles. The number of hydrogen-bond acceptors (Lipinski definition) is 4. The Kier molecular flexibility index (Phi) is 2.97. The van der Waals surface area contributed by atoms with Gasteiger partial charge in [-0.1, -0.05) is 0 Å². The minimum atomic E-state index is -0.608. The minimum Gasteiger partial charge on any atom is -0.395 e. The van der Waals surface area contributed by atoms with Gasteiger partial charge in [-0.3, -0.25) is 9.48 Å². The minimum absolute atomic E-state index is 0.261. The third-order valence-electron chi connectivity index (χ3n) is 2.47. The lowest BCUT2D eigenvalue weighted by Gasteiger charge is -2.05. The topological polar surface area (TPSA) is 85.8 Å². The van der Waals surface area contributed by atoms with Gasteiger partial charge in [-0.15, -0.1) is 0 Å². The molecule has 2 aromatic rings. The van der Waals surface area contributed by atoms with E-state index in [1.165, 1.54) is 16.9 Å². The van der Waals surface area contributed by atoms with E-state index in [9.17, 15) is 9.18 Å². The molecule has 0 aromatic carbocycles. The zero-order valence-electron chi connectivity index (χ0n) is 9.94. The average molecular weight is 249 g/mol. The lowest BCUT2D eigenvalue weighted by molar-refractivity contribution is 0.101. The Hall–Kier alpha value is -2.44. The van der Waals surface area contributed by atoms with Gasteiger partial charge in [0, 0.05) is 7.05 Å². The number of carbonyl (C=O) groups is 1. The highest BCUT2D eigenvalue weighted by Gasteiger charge is 2.17. The SMILES string of the molecule is Cc1nn(C)c(C(=O)Nc2ccc(F)nc2)c1N. The number of halogens is 1. The van der Waals surface area contributed by atoms with Gasteiger partial charge in [-0.05, 0) is 19.1 Å². The van der Waals surface area contributed by atoms with Crippen LogP contribution < -0.4 is 11.1 Å². The lowest BCUT2D eigenvalue weighted by Crippen LogP contribution is -2.17. The van der Waals surface area contributed by atoms with Crippen LogP contribution in [0.5, 0.6) is 0 Å². The number of amides is 1. The highest BCUT2D eigenvalue weighted by molar-refractivity contribution is 6.06. The maximum atomic E-state index is 12.6. The molecule has 1 amide bonds. The Morgan fingerprint density at radius 1 is 1.50 bits per heavy atom. The van der Waals surface area contributed by atoms with Crippen LogP contribution >= 0.6 is 0 Å². The number of aromatic nitrogens is 3. The number of nitrogens with two attached hydrogens (primary N) is 1. The highest BCUT2D eigenvalue weighted by atomic mass is 19.1. The summed E-state index contributed by atoms with van der Waals surface area (Å²) in [5.74, 6) is -1.02. The summed E-state index contributed by atoms with van der Waals surface area (Å²) in [6, 6.07) is 2.58. The molecule has 2 heterocycles. The number of pyridine rings is 1. The van der Waals surface area contributed by atoms with Gasteiger partial charge in [0.05, 0.1) is 23.3 Å². The van der Waals surface area contributed by atoms with Crippen LogP contribution in [0.2, 0.25) is 0 Å². The highest BCUT2D eigenvalue weighted by Crippen LogP contribution is 2.17. The summed E-state index contributed by atoms with van der Waals surface area (Å²) in [6.45, 7) is 1.71. The van der Waals surface area contributed by atoms with Crippen molar-refractivity contribution in [1.29, 1.82) is 0 Å². The summed E-state index contributed by atoms with van der Waals surface area (Å²) < 4.78 is 14.0. The Morgan fingerprint density at radius 3 is 2.72 bits per heavy atom. The van der Waals surface area contributed by atoms with Gasteiger partial charge < -0.3 is 11.1 Å². The van der Waals surface area contributed by atoms with E-state index in [0.717, 1.165) is 6.07 Å². The Labute approximate surface area is 103 Å². The summed E-state index contributed by atoms with van der Waals surface area (Å²) in [7, 11) is 1.63. The van der Waals surface area contributed by atoms with E-state index in [0.29, 0.717) is 17.1 Å². The molecule has 7 heteroatoms. The molecule has 6 nitrogen and oxygen atoms in total. The summed E-state index contributed by atoms with van der Waals surface area (Å²) in [5.41, 5.74) is 7.32. The number of rotatable bonds is 2. The number of nitrogens with one attached hydrogen (secondary N) is 1. The van der Waals surface area contributed by atoms with Crippen molar-refractivity contribution in [2.75, 3.05) is 11.1 Å². The van der Waals surface area contributed by atoms with Gasteiger partial charge >= 0.3 is 0 Å². The molecule has 0 fully saturated rings. The van der Waals surface area contributed by atoms with Gasteiger partial charge in [0.25, 0.3) is 5.91 Å². The number of anilines is 2. The summed E-state index contributed by atoms with van der Waals surface area (Å²) >= 11 is 0. The second-order valence-electron chi connectivity index (χ2n) is 3.80. The van der Waals surface area contributed by atoms with Crippen LogP contribution in [0.1, 0.15) is 16.2 Å². The van der Waals surface area contributed by atoms with Crippen LogP contribution in [0.25, 0.3) is 0 Å². The predicted octanol–water partition coefficient (Wildman–Crippen LogP) is 1.10. The predicted molar refractivity (Wildman–Crippen MR) is 64.5 cm³/mol. The van der Waals surface area contributed by atoms with Crippen LogP contribution in [0, 0.1) is 12.9 Å². The third-order valence-corrected chi connectivity index (χ3v) is 2.47. The first-order valence-corrected chi connectivity index (χ1v) is 5.21. The molecule has 0 spiro atoms. The largest absolute Gasteiger partial charge is 0.395 e.